The number of rotatable bonds is 4. The molecule has 20 heavy (non-hydrogen) atoms. The number of halogens is 1. The number of hydrazine groups is 1. The van der Waals surface area contributed by atoms with Crippen LogP contribution in [0.2, 0.25) is 5.02 Å². The quantitative estimate of drug-likeness (QED) is 0.614. The first-order valence-electron chi connectivity index (χ1n) is 6.33. The number of sulfonamides is 1. The summed E-state index contributed by atoms with van der Waals surface area (Å²) in [5.74, 6) is 5.37. The molecule has 3 N–H and O–H groups in total. The fourth-order valence-electron chi connectivity index (χ4n) is 2.18. The van der Waals surface area contributed by atoms with E-state index in [0.29, 0.717) is 13.1 Å². The van der Waals surface area contributed by atoms with Crippen LogP contribution in [0, 0.1) is 0 Å². The van der Waals surface area contributed by atoms with Gasteiger partial charge >= 0.3 is 0 Å². The monoisotopic (exact) mass is 319 g/mol. The SMILES string of the molecule is CCN1CCN(S(=O)(=O)c2cncc(Cl)c2NN)CC1. The molecular weight excluding hydrogens is 302 g/mol. The number of nitrogens with zero attached hydrogens (tertiary/aromatic N) is 3. The third-order valence-electron chi connectivity index (χ3n) is 3.41. The molecule has 1 fully saturated rings. The van der Waals surface area contributed by atoms with Gasteiger partial charge in [-0.3, -0.25) is 10.8 Å². The van der Waals surface area contributed by atoms with E-state index in [2.05, 4.69) is 22.2 Å². The Morgan fingerprint density at radius 2 is 2.00 bits per heavy atom. The van der Waals surface area contributed by atoms with Crippen molar-refractivity contribution in [1.29, 1.82) is 0 Å². The van der Waals surface area contributed by atoms with E-state index in [9.17, 15) is 8.42 Å². The second-order valence-corrected chi connectivity index (χ2v) is 6.79. The Kier molecular flexibility index (Phi) is 4.82. The molecule has 1 aliphatic heterocycles. The standard InChI is InChI=1S/C11H18ClN5O2S/c1-2-16-3-5-17(6-4-16)20(18,19)10-8-14-7-9(12)11(10)15-13/h7-8H,2-6,13H2,1H3,(H,14,15). The van der Waals surface area contributed by atoms with Crippen molar-refractivity contribution in [3.05, 3.63) is 17.4 Å². The van der Waals surface area contributed by atoms with Gasteiger partial charge in [-0.1, -0.05) is 18.5 Å². The molecule has 1 saturated heterocycles. The average molecular weight is 320 g/mol. The van der Waals surface area contributed by atoms with E-state index in [-0.39, 0.29) is 15.6 Å². The van der Waals surface area contributed by atoms with Crippen LogP contribution in [0.15, 0.2) is 17.3 Å². The Hall–Kier alpha value is -0.930. The van der Waals surface area contributed by atoms with Crippen LogP contribution in [-0.2, 0) is 10.0 Å². The molecule has 9 heteroatoms. The van der Waals surface area contributed by atoms with Crippen LogP contribution in [0.5, 0.6) is 0 Å². The summed E-state index contributed by atoms with van der Waals surface area (Å²) in [6.07, 6.45) is 2.62. The number of pyridine rings is 1. The van der Waals surface area contributed by atoms with Crippen molar-refractivity contribution in [3.8, 4) is 0 Å². The van der Waals surface area contributed by atoms with E-state index in [4.69, 9.17) is 17.4 Å². The minimum Gasteiger partial charge on any atom is -0.321 e. The van der Waals surface area contributed by atoms with E-state index in [1.54, 1.807) is 0 Å². The maximum Gasteiger partial charge on any atom is 0.246 e. The summed E-state index contributed by atoms with van der Waals surface area (Å²) < 4.78 is 26.7. The van der Waals surface area contributed by atoms with Crippen molar-refractivity contribution in [1.82, 2.24) is 14.2 Å². The topological polar surface area (TPSA) is 91.6 Å². The van der Waals surface area contributed by atoms with Crippen LogP contribution < -0.4 is 11.3 Å². The van der Waals surface area contributed by atoms with Crippen LogP contribution in [0.25, 0.3) is 0 Å². The van der Waals surface area contributed by atoms with Gasteiger partial charge in [0, 0.05) is 38.6 Å². The molecule has 2 heterocycles. The molecule has 0 aliphatic carbocycles. The van der Waals surface area contributed by atoms with Crippen LogP contribution in [0.3, 0.4) is 0 Å². The number of nitrogen functional groups attached to an aromatic ring is 1. The number of hydrogen-bond acceptors (Lipinski definition) is 6. The Morgan fingerprint density at radius 3 is 2.55 bits per heavy atom. The fourth-order valence-corrected chi connectivity index (χ4v) is 3.99. The molecule has 0 unspecified atom stereocenters. The summed E-state index contributed by atoms with van der Waals surface area (Å²) in [5.41, 5.74) is 2.52. The molecule has 0 bridgehead atoms. The number of piperazine rings is 1. The Balaban J connectivity index is 2.30. The van der Waals surface area contributed by atoms with E-state index < -0.39 is 10.0 Å². The van der Waals surface area contributed by atoms with Crippen LogP contribution in [-0.4, -0.2) is 55.3 Å². The summed E-state index contributed by atoms with van der Waals surface area (Å²) in [6, 6.07) is 0. The summed E-state index contributed by atoms with van der Waals surface area (Å²) in [4.78, 5) is 6.05. The molecule has 0 aromatic carbocycles. The number of hydrogen-bond donors (Lipinski definition) is 2. The van der Waals surface area contributed by atoms with Crippen LogP contribution in [0.4, 0.5) is 5.69 Å². The van der Waals surface area contributed by atoms with Crippen molar-refractivity contribution in [2.75, 3.05) is 38.1 Å². The van der Waals surface area contributed by atoms with Crippen molar-refractivity contribution in [3.63, 3.8) is 0 Å². The van der Waals surface area contributed by atoms with E-state index in [0.717, 1.165) is 19.6 Å². The second-order valence-electron chi connectivity index (χ2n) is 4.48. The Bertz CT molecular complexity index is 572. The van der Waals surface area contributed by atoms with Crippen molar-refractivity contribution in [2.24, 2.45) is 5.84 Å². The van der Waals surface area contributed by atoms with Crippen molar-refractivity contribution >= 4 is 27.3 Å². The maximum atomic E-state index is 12.6. The molecule has 0 spiro atoms. The zero-order valence-corrected chi connectivity index (χ0v) is 12.8. The van der Waals surface area contributed by atoms with Gasteiger partial charge in [0.2, 0.25) is 10.0 Å². The van der Waals surface area contributed by atoms with Gasteiger partial charge < -0.3 is 10.3 Å². The highest BCUT2D eigenvalue weighted by atomic mass is 35.5. The Morgan fingerprint density at radius 1 is 1.35 bits per heavy atom. The van der Waals surface area contributed by atoms with Gasteiger partial charge in [-0.15, -0.1) is 0 Å². The minimum absolute atomic E-state index is 0.0115. The first-order chi connectivity index (χ1) is 9.50. The maximum absolute atomic E-state index is 12.6. The molecule has 1 aromatic rings. The molecule has 1 aliphatic rings. The lowest BCUT2D eigenvalue weighted by Gasteiger charge is -2.33. The Labute approximate surface area is 123 Å². The zero-order chi connectivity index (χ0) is 14.8. The van der Waals surface area contributed by atoms with E-state index >= 15 is 0 Å². The third kappa shape index (κ3) is 2.89. The highest BCUT2D eigenvalue weighted by Gasteiger charge is 2.30. The number of nitrogens with one attached hydrogen (secondary N) is 1. The van der Waals surface area contributed by atoms with Gasteiger partial charge in [0.1, 0.15) is 4.90 Å². The number of aromatic nitrogens is 1. The first kappa shape index (κ1) is 15.5. The summed E-state index contributed by atoms with van der Waals surface area (Å²) >= 11 is 5.92. The van der Waals surface area contributed by atoms with Crippen LogP contribution in [0.1, 0.15) is 6.92 Å². The molecule has 0 amide bonds. The largest absolute Gasteiger partial charge is 0.321 e. The molecule has 0 saturated carbocycles. The first-order valence-corrected chi connectivity index (χ1v) is 8.15. The summed E-state index contributed by atoms with van der Waals surface area (Å²) in [5, 5.41) is 0.181. The fraction of sp³-hybridized carbons (Fsp3) is 0.545. The highest BCUT2D eigenvalue weighted by molar-refractivity contribution is 7.89. The number of anilines is 1. The molecule has 2 rings (SSSR count). The zero-order valence-electron chi connectivity index (χ0n) is 11.2. The van der Waals surface area contributed by atoms with E-state index in [1.807, 2.05) is 0 Å². The normalized spacial score (nSPS) is 18.1. The number of nitrogens with two attached hydrogens (primary N) is 1. The van der Waals surface area contributed by atoms with Gasteiger partial charge in [0.25, 0.3) is 0 Å². The molecule has 112 valence electrons. The summed E-state index contributed by atoms with van der Waals surface area (Å²) in [6.45, 7) is 5.31. The molecule has 0 atom stereocenters. The lowest BCUT2D eigenvalue weighted by atomic mass is 10.4. The summed E-state index contributed by atoms with van der Waals surface area (Å²) in [7, 11) is -3.64. The average Bonchev–Trinajstić information content (AvgIpc) is 2.47. The smallest absolute Gasteiger partial charge is 0.246 e. The van der Waals surface area contributed by atoms with Crippen molar-refractivity contribution < 1.29 is 8.42 Å². The van der Waals surface area contributed by atoms with Crippen LogP contribution >= 0.6 is 11.6 Å². The second kappa shape index (κ2) is 6.23. The van der Waals surface area contributed by atoms with Gasteiger partial charge in [-0.2, -0.15) is 4.31 Å². The minimum atomic E-state index is -3.64. The van der Waals surface area contributed by atoms with Gasteiger partial charge in [0.05, 0.1) is 10.7 Å². The lowest BCUT2D eigenvalue weighted by molar-refractivity contribution is 0.196. The predicted molar refractivity (Wildman–Crippen MR) is 77.9 cm³/mol. The van der Waals surface area contributed by atoms with E-state index in [1.165, 1.54) is 16.7 Å². The lowest BCUT2D eigenvalue weighted by Crippen LogP contribution is -2.48. The highest BCUT2D eigenvalue weighted by Crippen LogP contribution is 2.29. The van der Waals surface area contributed by atoms with Crippen molar-refractivity contribution in [2.45, 2.75) is 11.8 Å². The predicted octanol–water partition coefficient (Wildman–Crippen LogP) is 0.347. The molecule has 1 aromatic heterocycles. The van der Waals surface area contributed by atoms with Gasteiger partial charge in [-0.05, 0) is 6.54 Å². The molecular formula is C11H18ClN5O2S. The molecule has 7 nitrogen and oxygen atoms in total. The van der Waals surface area contributed by atoms with Gasteiger partial charge in [-0.25, -0.2) is 8.42 Å². The molecule has 0 radical (unpaired) electrons. The number of likely N-dealkylation sites (N-methyl/N-ethyl adjacent to an activating group) is 1. The third-order valence-corrected chi connectivity index (χ3v) is 5.60. The van der Waals surface area contributed by atoms with Gasteiger partial charge in [0.15, 0.2) is 0 Å².